The molecule has 0 radical (unpaired) electrons. The summed E-state index contributed by atoms with van der Waals surface area (Å²) in [7, 11) is 2.03. The second-order valence-corrected chi connectivity index (χ2v) is 7.32. The number of likely N-dealkylation sites (tertiary alicyclic amines) is 1. The van der Waals surface area contributed by atoms with Crippen molar-refractivity contribution >= 4 is 41.5 Å². The van der Waals surface area contributed by atoms with E-state index in [1.54, 1.807) is 0 Å². The molecule has 0 spiro atoms. The van der Waals surface area contributed by atoms with Crippen LogP contribution >= 0.6 is 35.6 Å². The van der Waals surface area contributed by atoms with Gasteiger partial charge in [0, 0.05) is 38.2 Å². The number of halogens is 2. The number of aliphatic imine (C=N–C) groups is 1. The molecule has 0 aliphatic carbocycles. The van der Waals surface area contributed by atoms with Gasteiger partial charge in [-0.1, -0.05) is 11.6 Å². The summed E-state index contributed by atoms with van der Waals surface area (Å²) in [5.74, 6) is 1.73. The Bertz CT molecular complexity index is 566. The molecule has 28 heavy (non-hydrogen) atoms. The van der Waals surface area contributed by atoms with Gasteiger partial charge in [-0.25, -0.2) is 0 Å². The Labute approximate surface area is 191 Å². The van der Waals surface area contributed by atoms with Gasteiger partial charge in [-0.3, -0.25) is 4.99 Å². The minimum atomic E-state index is -0.108. The number of hydrogen-bond acceptors (Lipinski definition) is 4. The number of ether oxygens (including phenoxy) is 1. The largest absolute Gasteiger partial charge is 0.492 e. The third-order valence-electron chi connectivity index (χ3n) is 4.66. The molecule has 2 rings (SSSR count). The standard InChI is InChI=1S/C20H33ClN4O2.HI/c1-3-22-20(23-11-4-12-25-13-9-18(26)10-14-25)24(2)15-16-27-19-7-5-17(21)6-8-19;/h5-8,18,26H,3-4,9-16H2,1-2H3,(H,22,23);1H. The Balaban J connectivity index is 0.00000392. The fourth-order valence-corrected chi connectivity index (χ4v) is 3.16. The Morgan fingerprint density at radius 3 is 2.64 bits per heavy atom. The number of likely N-dealkylation sites (N-methyl/N-ethyl adjacent to an activating group) is 1. The van der Waals surface area contributed by atoms with Gasteiger partial charge in [-0.05, 0) is 57.0 Å². The fourth-order valence-electron chi connectivity index (χ4n) is 3.03. The molecule has 2 N–H and O–H groups in total. The molecule has 8 heteroatoms. The first-order valence-corrected chi connectivity index (χ1v) is 10.2. The van der Waals surface area contributed by atoms with Gasteiger partial charge < -0.3 is 25.0 Å². The topological polar surface area (TPSA) is 60.3 Å². The number of aliphatic hydroxyl groups excluding tert-OH is 1. The second-order valence-electron chi connectivity index (χ2n) is 6.89. The normalized spacial score (nSPS) is 15.8. The predicted octanol–water partition coefficient (Wildman–Crippen LogP) is 3.08. The lowest BCUT2D eigenvalue weighted by Crippen LogP contribution is -2.41. The van der Waals surface area contributed by atoms with Gasteiger partial charge in [0.15, 0.2) is 5.96 Å². The Kier molecular flexibility index (Phi) is 12.9. The zero-order valence-corrected chi connectivity index (χ0v) is 20.0. The Hall–Kier alpha value is -0.770. The van der Waals surface area contributed by atoms with E-state index >= 15 is 0 Å². The molecule has 6 nitrogen and oxygen atoms in total. The van der Waals surface area contributed by atoms with Gasteiger partial charge in [-0.2, -0.15) is 0 Å². The highest BCUT2D eigenvalue weighted by Crippen LogP contribution is 2.15. The van der Waals surface area contributed by atoms with E-state index < -0.39 is 0 Å². The Morgan fingerprint density at radius 2 is 2.00 bits per heavy atom. The molecule has 1 saturated heterocycles. The van der Waals surface area contributed by atoms with Crippen LogP contribution in [0.4, 0.5) is 0 Å². The van der Waals surface area contributed by atoms with Crippen molar-refractivity contribution in [3.63, 3.8) is 0 Å². The zero-order valence-electron chi connectivity index (χ0n) is 16.9. The van der Waals surface area contributed by atoms with Crippen molar-refractivity contribution in [2.45, 2.75) is 32.3 Å². The maximum atomic E-state index is 9.57. The van der Waals surface area contributed by atoms with E-state index in [1.165, 1.54) is 0 Å². The molecular formula is C20H34ClIN4O2. The van der Waals surface area contributed by atoms with Crippen LogP contribution < -0.4 is 10.1 Å². The molecule has 0 atom stereocenters. The van der Waals surface area contributed by atoms with Crippen molar-refractivity contribution in [1.82, 2.24) is 15.1 Å². The van der Waals surface area contributed by atoms with E-state index in [1.807, 2.05) is 31.3 Å². The van der Waals surface area contributed by atoms with Gasteiger partial charge in [0.25, 0.3) is 0 Å². The van der Waals surface area contributed by atoms with Crippen molar-refractivity contribution in [3.05, 3.63) is 29.3 Å². The van der Waals surface area contributed by atoms with Crippen molar-refractivity contribution in [2.75, 3.05) is 52.9 Å². The van der Waals surface area contributed by atoms with E-state index in [9.17, 15) is 5.11 Å². The summed E-state index contributed by atoms with van der Waals surface area (Å²) in [4.78, 5) is 9.24. The molecule has 1 fully saturated rings. The molecule has 0 saturated carbocycles. The minimum Gasteiger partial charge on any atom is -0.492 e. The van der Waals surface area contributed by atoms with Crippen molar-refractivity contribution in [2.24, 2.45) is 4.99 Å². The molecule has 160 valence electrons. The van der Waals surface area contributed by atoms with Gasteiger partial charge in [0.2, 0.25) is 0 Å². The summed E-state index contributed by atoms with van der Waals surface area (Å²) < 4.78 is 5.76. The van der Waals surface area contributed by atoms with E-state index in [2.05, 4.69) is 22.0 Å². The van der Waals surface area contributed by atoms with Gasteiger partial charge in [0.1, 0.15) is 12.4 Å². The summed E-state index contributed by atoms with van der Waals surface area (Å²) in [6.07, 6.45) is 2.70. The van der Waals surface area contributed by atoms with Crippen molar-refractivity contribution in [1.29, 1.82) is 0 Å². The minimum absolute atomic E-state index is 0. The van der Waals surface area contributed by atoms with Crippen LogP contribution in [0.15, 0.2) is 29.3 Å². The number of benzene rings is 1. The molecule has 0 unspecified atom stereocenters. The van der Waals surface area contributed by atoms with Crippen LogP contribution in [-0.4, -0.2) is 79.9 Å². The monoisotopic (exact) mass is 524 g/mol. The molecule has 0 amide bonds. The number of nitrogens with zero attached hydrogens (tertiary/aromatic N) is 3. The first kappa shape index (κ1) is 25.3. The summed E-state index contributed by atoms with van der Waals surface area (Å²) in [5.41, 5.74) is 0. The highest BCUT2D eigenvalue weighted by molar-refractivity contribution is 14.0. The Morgan fingerprint density at radius 1 is 1.32 bits per heavy atom. The number of nitrogens with one attached hydrogen (secondary N) is 1. The molecular weight excluding hydrogens is 491 g/mol. The summed E-state index contributed by atoms with van der Waals surface area (Å²) >= 11 is 5.89. The average molecular weight is 525 g/mol. The maximum Gasteiger partial charge on any atom is 0.193 e. The van der Waals surface area contributed by atoms with Gasteiger partial charge in [-0.15, -0.1) is 24.0 Å². The first-order valence-electron chi connectivity index (χ1n) is 9.86. The van der Waals surface area contributed by atoms with Crippen LogP contribution in [0.1, 0.15) is 26.2 Å². The molecule has 1 aliphatic heterocycles. The second kappa shape index (κ2) is 14.3. The van der Waals surface area contributed by atoms with Crippen LogP contribution in [0, 0.1) is 0 Å². The van der Waals surface area contributed by atoms with Gasteiger partial charge >= 0.3 is 0 Å². The molecule has 1 aliphatic rings. The van der Waals surface area contributed by atoms with Crippen LogP contribution in [0.2, 0.25) is 5.02 Å². The van der Waals surface area contributed by atoms with E-state index in [0.717, 1.165) is 70.2 Å². The van der Waals surface area contributed by atoms with Crippen molar-refractivity contribution < 1.29 is 9.84 Å². The van der Waals surface area contributed by atoms with Crippen LogP contribution in [0.25, 0.3) is 0 Å². The maximum absolute atomic E-state index is 9.57. The SMILES string of the molecule is CCNC(=NCCCN1CCC(O)CC1)N(C)CCOc1ccc(Cl)cc1.I. The number of hydrogen-bond donors (Lipinski definition) is 2. The smallest absolute Gasteiger partial charge is 0.193 e. The highest BCUT2D eigenvalue weighted by atomic mass is 127. The van der Waals surface area contributed by atoms with Gasteiger partial charge in [0.05, 0.1) is 12.6 Å². The molecule has 1 aromatic rings. The third kappa shape index (κ3) is 9.62. The lowest BCUT2D eigenvalue weighted by atomic mass is 10.1. The fraction of sp³-hybridized carbons (Fsp3) is 0.650. The predicted molar refractivity (Wildman–Crippen MR) is 127 cm³/mol. The van der Waals surface area contributed by atoms with Crippen molar-refractivity contribution in [3.8, 4) is 5.75 Å². The average Bonchev–Trinajstić information content (AvgIpc) is 2.67. The molecule has 1 heterocycles. The quantitative estimate of drug-likeness (QED) is 0.225. The lowest BCUT2D eigenvalue weighted by molar-refractivity contribution is 0.0824. The van der Waals surface area contributed by atoms with Crippen LogP contribution in [0.5, 0.6) is 5.75 Å². The first-order chi connectivity index (χ1) is 13.1. The number of aliphatic hydroxyl groups is 1. The van der Waals surface area contributed by atoms with E-state index in [4.69, 9.17) is 21.3 Å². The lowest BCUT2D eigenvalue weighted by Gasteiger charge is -2.29. The third-order valence-corrected chi connectivity index (χ3v) is 4.91. The highest BCUT2D eigenvalue weighted by Gasteiger charge is 2.16. The summed E-state index contributed by atoms with van der Waals surface area (Å²) in [6.45, 7) is 8.07. The van der Waals surface area contributed by atoms with E-state index in [-0.39, 0.29) is 30.1 Å². The molecule has 0 bridgehead atoms. The van der Waals surface area contributed by atoms with Crippen LogP contribution in [0.3, 0.4) is 0 Å². The summed E-state index contributed by atoms with van der Waals surface area (Å²) in [6, 6.07) is 7.41. The summed E-state index contributed by atoms with van der Waals surface area (Å²) in [5, 5.41) is 13.6. The van der Waals surface area contributed by atoms with E-state index in [0.29, 0.717) is 11.6 Å². The zero-order chi connectivity index (χ0) is 19.5. The van der Waals surface area contributed by atoms with Crippen LogP contribution in [-0.2, 0) is 0 Å². The number of piperidine rings is 1. The number of rotatable bonds is 9. The molecule has 0 aromatic heterocycles. The number of guanidine groups is 1. The molecule has 1 aromatic carbocycles.